The SMILES string of the molecule is Cc1oc(C)c(-c2nc(C3CCCNC3)no2)c1C. The molecule has 1 unspecified atom stereocenters. The van der Waals surface area contributed by atoms with Gasteiger partial charge in [-0.3, -0.25) is 0 Å². The number of nitrogens with zero attached hydrogens (tertiary/aromatic N) is 2. The molecule has 0 spiro atoms. The molecule has 0 amide bonds. The highest BCUT2D eigenvalue weighted by molar-refractivity contribution is 5.61. The Bertz CT molecular complexity index is 580. The zero-order chi connectivity index (χ0) is 13.4. The second-order valence-corrected chi connectivity index (χ2v) is 5.22. The Morgan fingerprint density at radius 1 is 1.21 bits per heavy atom. The van der Waals surface area contributed by atoms with Gasteiger partial charge < -0.3 is 14.3 Å². The van der Waals surface area contributed by atoms with Crippen LogP contribution in [0.1, 0.15) is 41.7 Å². The first-order valence-electron chi connectivity index (χ1n) is 6.78. The number of piperidine rings is 1. The van der Waals surface area contributed by atoms with E-state index in [2.05, 4.69) is 15.5 Å². The zero-order valence-corrected chi connectivity index (χ0v) is 11.6. The van der Waals surface area contributed by atoms with Crippen molar-refractivity contribution in [2.24, 2.45) is 0 Å². The third-order valence-corrected chi connectivity index (χ3v) is 3.88. The fourth-order valence-corrected chi connectivity index (χ4v) is 2.68. The molecule has 2 aromatic rings. The van der Waals surface area contributed by atoms with E-state index in [1.54, 1.807) is 0 Å². The Kier molecular flexibility index (Phi) is 3.14. The lowest BCUT2D eigenvalue weighted by Crippen LogP contribution is -2.28. The monoisotopic (exact) mass is 261 g/mol. The average molecular weight is 261 g/mol. The number of rotatable bonds is 2. The van der Waals surface area contributed by atoms with E-state index in [0.717, 1.165) is 54.4 Å². The molecule has 102 valence electrons. The van der Waals surface area contributed by atoms with E-state index in [-0.39, 0.29) is 0 Å². The van der Waals surface area contributed by atoms with E-state index in [4.69, 9.17) is 8.94 Å². The molecule has 0 saturated carbocycles. The van der Waals surface area contributed by atoms with E-state index >= 15 is 0 Å². The summed E-state index contributed by atoms with van der Waals surface area (Å²) < 4.78 is 11.0. The smallest absolute Gasteiger partial charge is 0.261 e. The third kappa shape index (κ3) is 2.18. The molecule has 19 heavy (non-hydrogen) atoms. The second-order valence-electron chi connectivity index (χ2n) is 5.22. The van der Waals surface area contributed by atoms with Crippen LogP contribution < -0.4 is 5.32 Å². The van der Waals surface area contributed by atoms with Gasteiger partial charge in [-0.2, -0.15) is 4.98 Å². The Morgan fingerprint density at radius 3 is 2.68 bits per heavy atom. The van der Waals surface area contributed by atoms with Gasteiger partial charge in [-0.05, 0) is 40.2 Å². The van der Waals surface area contributed by atoms with Gasteiger partial charge in [-0.1, -0.05) is 5.16 Å². The molecule has 1 N–H and O–H groups in total. The largest absolute Gasteiger partial charge is 0.466 e. The Hall–Kier alpha value is -1.62. The van der Waals surface area contributed by atoms with Gasteiger partial charge in [0, 0.05) is 18.0 Å². The van der Waals surface area contributed by atoms with Gasteiger partial charge in [-0.15, -0.1) is 0 Å². The van der Waals surface area contributed by atoms with E-state index in [9.17, 15) is 0 Å². The number of nitrogens with one attached hydrogen (secondary N) is 1. The molecule has 5 heteroatoms. The highest BCUT2D eigenvalue weighted by Crippen LogP contribution is 2.31. The number of furan rings is 1. The van der Waals surface area contributed by atoms with Crippen molar-refractivity contribution >= 4 is 0 Å². The molecule has 2 aromatic heterocycles. The Morgan fingerprint density at radius 2 is 2.05 bits per heavy atom. The van der Waals surface area contributed by atoms with Crippen LogP contribution in [0.5, 0.6) is 0 Å². The summed E-state index contributed by atoms with van der Waals surface area (Å²) in [5.74, 6) is 3.49. The summed E-state index contributed by atoms with van der Waals surface area (Å²) in [7, 11) is 0. The van der Waals surface area contributed by atoms with Crippen molar-refractivity contribution in [3.63, 3.8) is 0 Å². The molecular formula is C14H19N3O2. The van der Waals surface area contributed by atoms with Gasteiger partial charge in [0.15, 0.2) is 5.82 Å². The molecule has 5 nitrogen and oxygen atoms in total. The standard InChI is InChI=1S/C14H19N3O2/c1-8-9(2)18-10(3)12(8)14-16-13(17-19-14)11-5-4-6-15-7-11/h11,15H,4-7H2,1-3H3. The summed E-state index contributed by atoms with van der Waals surface area (Å²) in [6, 6.07) is 0. The summed E-state index contributed by atoms with van der Waals surface area (Å²) in [4.78, 5) is 4.56. The summed E-state index contributed by atoms with van der Waals surface area (Å²) in [6.07, 6.45) is 2.28. The lowest BCUT2D eigenvalue weighted by atomic mass is 9.99. The van der Waals surface area contributed by atoms with Crippen LogP contribution in [0.25, 0.3) is 11.5 Å². The number of aryl methyl sites for hydroxylation is 2. The van der Waals surface area contributed by atoms with E-state index < -0.39 is 0 Å². The van der Waals surface area contributed by atoms with Gasteiger partial charge in [0.2, 0.25) is 0 Å². The van der Waals surface area contributed by atoms with Crippen LogP contribution in [-0.4, -0.2) is 23.2 Å². The lowest BCUT2D eigenvalue weighted by Gasteiger charge is -2.19. The van der Waals surface area contributed by atoms with Crippen molar-refractivity contribution in [3.05, 3.63) is 22.9 Å². The van der Waals surface area contributed by atoms with E-state index in [1.807, 2.05) is 20.8 Å². The molecule has 1 aliphatic heterocycles. The van der Waals surface area contributed by atoms with E-state index in [0.29, 0.717) is 11.8 Å². The average Bonchev–Trinajstić information content (AvgIpc) is 2.97. The van der Waals surface area contributed by atoms with Crippen LogP contribution in [-0.2, 0) is 0 Å². The van der Waals surface area contributed by atoms with Crippen LogP contribution in [0, 0.1) is 20.8 Å². The zero-order valence-electron chi connectivity index (χ0n) is 11.6. The fraction of sp³-hybridized carbons (Fsp3) is 0.571. The molecule has 3 rings (SSSR count). The molecule has 3 heterocycles. The first kappa shape index (κ1) is 12.4. The van der Waals surface area contributed by atoms with Crippen molar-refractivity contribution in [2.75, 3.05) is 13.1 Å². The summed E-state index contributed by atoms with van der Waals surface area (Å²) in [5.41, 5.74) is 2.02. The maximum atomic E-state index is 5.61. The van der Waals surface area contributed by atoms with Crippen LogP contribution in [0.4, 0.5) is 0 Å². The lowest BCUT2D eigenvalue weighted by molar-refractivity contribution is 0.392. The minimum atomic E-state index is 0.361. The predicted octanol–water partition coefficient (Wildman–Crippen LogP) is 2.72. The molecular weight excluding hydrogens is 242 g/mol. The number of hydrogen-bond acceptors (Lipinski definition) is 5. The van der Waals surface area contributed by atoms with Crippen molar-refractivity contribution in [1.82, 2.24) is 15.5 Å². The predicted molar refractivity (Wildman–Crippen MR) is 71.1 cm³/mol. The van der Waals surface area contributed by atoms with Gasteiger partial charge in [0.25, 0.3) is 5.89 Å². The quantitative estimate of drug-likeness (QED) is 0.900. The maximum absolute atomic E-state index is 5.61. The van der Waals surface area contributed by atoms with Crippen molar-refractivity contribution < 1.29 is 8.94 Å². The molecule has 1 fully saturated rings. The van der Waals surface area contributed by atoms with Gasteiger partial charge in [-0.25, -0.2) is 0 Å². The van der Waals surface area contributed by atoms with Crippen LogP contribution in [0.3, 0.4) is 0 Å². The fourth-order valence-electron chi connectivity index (χ4n) is 2.68. The number of hydrogen-bond donors (Lipinski definition) is 1. The van der Waals surface area contributed by atoms with Gasteiger partial charge in [0.1, 0.15) is 11.5 Å². The molecule has 1 atom stereocenters. The highest BCUT2D eigenvalue weighted by atomic mass is 16.5. The van der Waals surface area contributed by atoms with Crippen LogP contribution >= 0.6 is 0 Å². The van der Waals surface area contributed by atoms with Crippen molar-refractivity contribution in [2.45, 2.75) is 39.5 Å². The first-order valence-corrected chi connectivity index (χ1v) is 6.78. The van der Waals surface area contributed by atoms with Crippen molar-refractivity contribution in [3.8, 4) is 11.5 Å². The summed E-state index contributed by atoms with van der Waals surface area (Å²) in [5, 5.41) is 7.51. The van der Waals surface area contributed by atoms with Crippen LogP contribution in [0.15, 0.2) is 8.94 Å². The molecule has 0 aromatic carbocycles. The number of aromatic nitrogens is 2. The third-order valence-electron chi connectivity index (χ3n) is 3.88. The minimum Gasteiger partial charge on any atom is -0.466 e. The second kappa shape index (κ2) is 4.81. The summed E-state index contributed by atoms with van der Waals surface area (Å²) >= 11 is 0. The molecule has 0 bridgehead atoms. The molecule has 1 aliphatic rings. The molecule has 0 aliphatic carbocycles. The van der Waals surface area contributed by atoms with Gasteiger partial charge in [0.05, 0.1) is 5.56 Å². The summed E-state index contributed by atoms with van der Waals surface area (Å²) in [6.45, 7) is 7.92. The van der Waals surface area contributed by atoms with Gasteiger partial charge >= 0.3 is 0 Å². The van der Waals surface area contributed by atoms with Crippen LogP contribution in [0.2, 0.25) is 0 Å². The topological polar surface area (TPSA) is 64.1 Å². The normalized spacial score (nSPS) is 19.8. The Balaban J connectivity index is 1.92. The maximum Gasteiger partial charge on any atom is 0.261 e. The minimum absolute atomic E-state index is 0.361. The molecule has 0 radical (unpaired) electrons. The Labute approximate surface area is 112 Å². The highest BCUT2D eigenvalue weighted by Gasteiger charge is 2.24. The molecule has 1 saturated heterocycles. The van der Waals surface area contributed by atoms with E-state index in [1.165, 1.54) is 0 Å². The first-order chi connectivity index (χ1) is 9.16. The van der Waals surface area contributed by atoms with Crippen molar-refractivity contribution in [1.29, 1.82) is 0 Å².